The lowest BCUT2D eigenvalue weighted by Gasteiger charge is -2.07. The van der Waals surface area contributed by atoms with Crippen LogP contribution in [-0.4, -0.2) is 24.7 Å². The van der Waals surface area contributed by atoms with Gasteiger partial charge in [0.2, 0.25) is 0 Å². The molecular weight excluding hydrogens is 348 g/mol. The second-order valence-electron chi connectivity index (χ2n) is 5.96. The van der Waals surface area contributed by atoms with Crippen molar-refractivity contribution in [1.29, 1.82) is 0 Å². The van der Waals surface area contributed by atoms with Crippen LogP contribution >= 0.6 is 11.3 Å². The van der Waals surface area contributed by atoms with Crippen LogP contribution in [0.15, 0.2) is 41.4 Å². The van der Waals surface area contributed by atoms with Crippen molar-refractivity contribution in [2.75, 3.05) is 14.2 Å². The topological polar surface area (TPSA) is 52.8 Å². The van der Waals surface area contributed by atoms with Crippen LogP contribution in [0.4, 0.5) is 0 Å². The van der Waals surface area contributed by atoms with Crippen LogP contribution < -0.4 is 14.3 Å². The van der Waals surface area contributed by atoms with E-state index in [-0.39, 0.29) is 12.3 Å². The molecule has 0 saturated carbocycles. The van der Waals surface area contributed by atoms with Crippen LogP contribution in [0, 0.1) is 6.92 Å². The van der Waals surface area contributed by atoms with E-state index in [2.05, 4.69) is 4.99 Å². The first-order valence-electron chi connectivity index (χ1n) is 8.44. The van der Waals surface area contributed by atoms with E-state index in [1.54, 1.807) is 14.2 Å². The minimum atomic E-state index is -0.186. The summed E-state index contributed by atoms with van der Waals surface area (Å²) < 4.78 is 13.7. The van der Waals surface area contributed by atoms with E-state index in [9.17, 15) is 4.79 Å². The molecule has 136 valence electrons. The molecule has 5 nitrogen and oxygen atoms in total. The second-order valence-corrected chi connectivity index (χ2v) is 6.97. The molecule has 0 radical (unpaired) electrons. The van der Waals surface area contributed by atoms with Gasteiger partial charge in [0, 0.05) is 12.1 Å². The summed E-state index contributed by atoms with van der Waals surface area (Å²) in [6.07, 6.45) is 0.214. The lowest BCUT2D eigenvalue weighted by Crippen LogP contribution is -2.16. The van der Waals surface area contributed by atoms with Crippen LogP contribution in [0.1, 0.15) is 18.1 Å². The number of hydrogen-bond donors (Lipinski definition) is 0. The highest BCUT2D eigenvalue weighted by molar-refractivity contribution is 7.16. The smallest absolute Gasteiger partial charge is 0.252 e. The fraction of sp³-hybridized carbons (Fsp3) is 0.300. The first kappa shape index (κ1) is 18.2. The highest BCUT2D eigenvalue weighted by Gasteiger charge is 2.11. The maximum absolute atomic E-state index is 12.6. The Morgan fingerprint density at radius 3 is 2.65 bits per heavy atom. The highest BCUT2D eigenvalue weighted by atomic mass is 32.1. The number of thiazole rings is 1. The Hall–Kier alpha value is -2.60. The highest BCUT2D eigenvalue weighted by Crippen LogP contribution is 2.23. The quantitative estimate of drug-likeness (QED) is 0.688. The van der Waals surface area contributed by atoms with Gasteiger partial charge in [-0.2, -0.15) is 4.99 Å². The fourth-order valence-electron chi connectivity index (χ4n) is 2.93. The Morgan fingerprint density at radius 1 is 1.15 bits per heavy atom. The number of hydrogen-bond acceptors (Lipinski definition) is 4. The second kappa shape index (κ2) is 7.74. The van der Waals surface area contributed by atoms with Crippen molar-refractivity contribution >= 4 is 27.5 Å². The maximum Gasteiger partial charge on any atom is 0.252 e. The summed E-state index contributed by atoms with van der Waals surface area (Å²) in [7, 11) is 3.26. The SMILES string of the molecule is CCn1c(=NC(=O)Cc2cc(C)ccc2OC)sc2cc(OC)ccc21. The third kappa shape index (κ3) is 3.65. The summed E-state index contributed by atoms with van der Waals surface area (Å²) in [6, 6.07) is 11.7. The molecule has 0 aliphatic rings. The van der Waals surface area contributed by atoms with E-state index in [1.807, 2.05) is 54.8 Å². The van der Waals surface area contributed by atoms with Crippen LogP contribution in [0.2, 0.25) is 0 Å². The maximum atomic E-state index is 12.6. The molecule has 3 aromatic rings. The fourth-order valence-corrected chi connectivity index (χ4v) is 4.07. The molecule has 0 unspecified atom stereocenters. The molecule has 3 rings (SSSR count). The average Bonchev–Trinajstić information content (AvgIpc) is 2.97. The number of rotatable bonds is 5. The van der Waals surface area contributed by atoms with E-state index >= 15 is 0 Å². The molecule has 2 aromatic carbocycles. The molecule has 26 heavy (non-hydrogen) atoms. The summed E-state index contributed by atoms with van der Waals surface area (Å²) in [5, 5.41) is 0. The van der Waals surface area contributed by atoms with Crippen molar-refractivity contribution in [1.82, 2.24) is 4.57 Å². The Labute approximate surface area is 156 Å². The van der Waals surface area contributed by atoms with Gasteiger partial charge in [0.05, 0.1) is 30.9 Å². The Bertz CT molecular complexity index is 1020. The van der Waals surface area contributed by atoms with Crippen molar-refractivity contribution in [2.24, 2.45) is 4.99 Å². The standard InChI is InChI=1S/C20H22N2O3S/c1-5-22-16-8-7-15(24-3)12-18(16)26-20(22)21-19(23)11-14-10-13(2)6-9-17(14)25-4/h6-10,12H,5,11H2,1-4H3. The van der Waals surface area contributed by atoms with E-state index in [1.165, 1.54) is 11.3 Å². The summed E-state index contributed by atoms with van der Waals surface area (Å²) in [4.78, 5) is 17.6. The number of methoxy groups -OCH3 is 2. The molecule has 1 amide bonds. The van der Waals surface area contributed by atoms with Gasteiger partial charge < -0.3 is 14.0 Å². The molecule has 1 heterocycles. The van der Waals surface area contributed by atoms with E-state index < -0.39 is 0 Å². The minimum absolute atomic E-state index is 0.186. The number of ether oxygens (including phenoxy) is 2. The summed E-state index contributed by atoms with van der Waals surface area (Å²) in [6.45, 7) is 4.78. The summed E-state index contributed by atoms with van der Waals surface area (Å²) >= 11 is 1.49. The van der Waals surface area contributed by atoms with Crippen molar-refractivity contribution in [3.8, 4) is 11.5 Å². The average molecular weight is 370 g/mol. The van der Waals surface area contributed by atoms with E-state index in [0.717, 1.165) is 33.6 Å². The molecule has 0 aliphatic carbocycles. The normalized spacial score (nSPS) is 11.8. The van der Waals surface area contributed by atoms with Gasteiger partial charge in [-0.3, -0.25) is 4.79 Å². The zero-order valence-corrected chi connectivity index (χ0v) is 16.2. The van der Waals surface area contributed by atoms with Gasteiger partial charge in [-0.05, 0) is 38.1 Å². The van der Waals surface area contributed by atoms with Gasteiger partial charge in [0.1, 0.15) is 11.5 Å². The molecule has 0 saturated heterocycles. The van der Waals surface area contributed by atoms with Gasteiger partial charge in [-0.1, -0.05) is 29.0 Å². The van der Waals surface area contributed by atoms with Crippen LogP contribution in [0.5, 0.6) is 11.5 Å². The Balaban J connectivity index is 1.99. The van der Waals surface area contributed by atoms with Crippen LogP contribution in [0.25, 0.3) is 10.2 Å². The monoisotopic (exact) mass is 370 g/mol. The molecule has 0 fully saturated rings. The Kier molecular flexibility index (Phi) is 5.42. The first-order chi connectivity index (χ1) is 12.5. The lowest BCUT2D eigenvalue weighted by atomic mass is 10.1. The lowest BCUT2D eigenvalue weighted by molar-refractivity contribution is -0.117. The molecule has 0 bridgehead atoms. The van der Waals surface area contributed by atoms with Crippen molar-refractivity contribution in [2.45, 2.75) is 26.8 Å². The first-order valence-corrected chi connectivity index (χ1v) is 9.25. The molecule has 0 aliphatic heterocycles. The third-order valence-corrected chi connectivity index (χ3v) is 5.25. The van der Waals surface area contributed by atoms with Gasteiger partial charge in [-0.15, -0.1) is 0 Å². The van der Waals surface area contributed by atoms with Crippen molar-refractivity contribution < 1.29 is 14.3 Å². The number of nitrogens with zero attached hydrogens (tertiary/aromatic N) is 2. The summed E-state index contributed by atoms with van der Waals surface area (Å²) in [5.74, 6) is 1.32. The van der Waals surface area contributed by atoms with E-state index in [4.69, 9.17) is 9.47 Å². The van der Waals surface area contributed by atoms with Crippen molar-refractivity contribution in [3.05, 3.63) is 52.3 Å². The van der Waals surface area contributed by atoms with Gasteiger partial charge in [-0.25, -0.2) is 0 Å². The molecule has 0 N–H and O–H groups in total. The number of amides is 1. The third-order valence-electron chi connectivity index (χ3n) is 4.20. The molecule has 0 atom stereocenters. The minimum Gasteiger partial charge on any atom is -0.497 e. The van der Waals surface area contributed by atoms with Crippen LogP contribution in [0.3, 0.4) is 0 Å². The zero-order valence-electron chi connectivity index (χ0n) is 15.4. The predicted octanol–water partition coefficient (Wildman–Crippen LogP) is 3.72. The molecule has 1 aromatic heterocycles. The predicted molar refractivity (Wildman–Crippen MR) is 104 cm³/mol. The zero-order chi connectivity index (χ0) is 18.7. The van der Waals surface area contributed by atoms with E-state index in [0.29, 0.717) is 10.6 Å². The van der Waals surface area contributed by atoms with Gasteiger partial charge in [0.25, 0.3) is 5.91 Å². The summed E-state index contributed by atoms with van der Waals surface area (Å²) in [5.41, 5.74) is 3.00. The van der Waals surface area contributed by atoms with Gasteiger partial charge >= 0.3 is 0 Å². The number of aromatic nitrogens is 1. The number of carbonyl (C=O) groups is 1. The molecule has 0 spiro atoms. The van der Waals surface area contributed by atoms with Gasteiger partial charge in [0.15, 0.2) is 4.80 Å². The Morgan fingerprint density at radius 2 is 1.96 bits per heavy atom. The number of fused-ring (bicyclic) bond motifs is 1. The largest absolute Gasteiger partial charge is 0.497 e. The molecular formula is C20H22N2O3S. The molecule has 6 heteroatoms. The number of aryl methyl sites for hydroxylation is 2. The van der Waals surface area contributed by atoms with Crippen molar-refractivity contribution in [3.63, 3.8) is 0 Å². The number of carbonyl (C=O) groups excluding carboxylic acids is 1. The number of benzene rings is 2. The van der Waals surface area contributed by atoms with Crippen LogP contribution in [-0.2, 0) is 17.8 Å².